The minimum atomic E-state index is -1.08. The molecule has 188 valence electrons. The Morgan fingerprint density at radius 3 is 0.586 bits per heavy atom. The zero-order valence-corrected chi connectivity index (χ0v) is 20.7. The van der Waals surface area contributed by atoms with Crippen molar-refractivity contribution in [1.82, 2.24) is 0 Å². The van der Waals surface area contributed by atoms with Gasteiger partial charge in [0.2, 0.25) is 0 Å². The molecule has 0 rings (SSSR count). The Kier molecular flexibility index (Phi) is 2630. The molecule has 23 heteroatoms. The SMILES string of the molecule is C.C.C.C.CC.O.O=O.O=O.O=PO.O=PO.O=PO.O=PO.O=[P+]=O.P.PP. The molecule has 0 spiro atoms. The molecule has 0 saturated carbocycles. The Bertz CT molecular complexity index is 172. The predicted octanol–water partition coefficient (Wildman–Crippen LogP) is 4.95. The summed E-state index contributed by atoms with van der Waals surface area (Å²) in [5.74, 6) is 0. The average molecular weight is 595 g/mol. The van der Waals surface area contributed by atoms with Crippen LogP contribution in [0.2, 0.25) is 0 Å². The molecular formula is C6H35O15P8+. The van der Waals surface area contributed by atoms with Gasteiger partial charge < -0.3 is 25.0 Å². The molecule has 0 aromatic carbocycles. The van der Waals surface area contributed by atoms with E-state index in [2.05, 4.69) is 17.9 Å². The second kappa shape index (κ2) is 674. The Morgan fingerprint density at radius 1 is 0.586 bits per heavy atom. The normalized spacial score (nSPS) is 3.86. The van der Waals surface area contributed by atoms with E-state index < -0.39 is 43.1 Å². The Balaban J connectivity index is -0.00000000574. The molecular weight excluding hydrogens is 560 g/mol. The fraction of sp³-hybridized carbons (Fsp3) is 1.00. The molecule has 0 aliphatic heterocycles. The first-order valence-electron chi connectivity index (χ1n) is 3.56. The van der Waals surface area contributed by atoms with Crippen molar-refractivity contribution in [2.45, 2.75) is 43.6 Å². The standard InChI is InChI=1S/C2H6.4CH4.4HO2P.O2P.2O2.H2O.H4P2.H3P/c1-2;;;;;5*1-3-2;2*1-2;;1-2;/h1-2H3;4*1H4;4*(H,1,2);;;;1H2;1-2H2;1H3/q;;;;;;;;;+1;;;;;. The molecule has 0 aliphatic rings. The molecule has 15 nitrogen and oxygen atoms in total. The Morgan fingerprint density at radius 2 is 0.586 bits per heavy atom. The number of hydrogen-bond donors (Lipinski definition) is 4. The van der Waals surface area contributed by atoms with Crippen molar-refractivity contribution in [2.75, 3.05) is 0 Å². The van der Waals surface area contributed by atoms with E-state index in [-0.39, 0.29) is 45.1 Å². The van der Waals surface area contributed by atoms with Crippen molar-refractivity contribution in [3.63, 3.8) is 0 Å². The summed E-state index contributed by atoms with van der Waals surface area (Å²) in [6.45, 7) is 4.00. The summed E-state index contributed by atoms with van der Waals surface area (Å²) in [4.78, 5) is 55.9. The van der Waals surface area contributed by atoms with Gasteiger partial charge in [0.05, 0.1) is 0 Å². The van der Waals surface area contributed by atoms with Crippen LogP contribution < -0.4 is 0 Å². The molecule has 0 radical (unpaired) electrons. The van der Waals surface area contributed by atoms with Crippen LogP contribution in [0.3, 0.4) is 0 Å². The maximum Gasteiger partial charge on any atom is -0.118 e. The molecule has 3 atom stereocenters. The van der Waals surface area contributed by atoms with Gasteiger partial charge in [-0.3, -0.25) is 0 Å². The maximum atomic E-state index is 8.46. The van der Waals surface area contributed by atoms with Crippen LogP contribution in [0.5, 0.6) is 0 Å². The zero-order valence-electron chi connectivity index (χ0n) is 12.5. The number of rotatable bonds is 0. The van der Waals surface area contributed by atoms with Crippen molar-refractivity contribution >= 4 is 70.8 Å². The Labute approximate surface area is 187 Å². The van der Waals surface area contributed by atoms with Crippen LogP contribution in [0.1, 0.15) is 43.6 Å². The van der Waals surface area contributed by atoms with Crippen LogP contribution in [0, 0.1) is 19.9 Å². The van der Waals surface area contributed by atoms with Gasteiger partial charge in [0.1, 0.15) is 0 Å². The molecule has 29 heavy (non-hydrogen) atoms. The van der Waals surface area contributed by atoms with Gasteiger partial charge >= 0.3 is 52.2 Å². The summed E-state index contributed by atoms with van der Waals surface area (Å²) >= 11 is 0. The van der Waals surface area contributed by atoms with E-state index in [0.29, 0.717) is 0 Å². The zero-order chi connectivity index (χ0) is 21.5. The molecule has 0 amide bonds. The monoisotopic (exact) mass is 595 g/mol. The van der Waals surface area contributed by atoms with Crippen molar-refractivity contribution in [3.8, 4) is 0 Å². The topological polar surface area (TPSA) is 283 Å². The van der Waals surface area contributed by atoms with Gasteiger partial charge in [0.15, 0.2) is 0 Å². The van der Waals surface area contributed by atoms with Gasteiger partial charge in [-0.15, -0.1) is 17.9 Å². The molecule has 0 heterocycles. The van der Waals surface area contributed by atoms with Crippen molar-refractivity contribution in [2.24, 2.45) is 0 Å². The average Bonchev–Trinajstić information content (AvgIpc) is 2.58. The summed E-state index contributed by atoms with van der Waals surface area (Å²) in [7, 11) is 0.250. The van der Waals surface area contributed by atoms with Crippen LogP contribution in [0.15, 0.2) is 0 Å². The largest absolute Gasteiger partial charge is 0.153 e. The molecule has 0 aromatic heterocycles. The van der Waals surface area contributed by atoms with E-state index >= 15 is 0 Å². The van der Waals surface area contributed by atoms with Crippen molar-refractivity contribution in [1.29, 1.82) is 0 Å². The first kappa shape index (κ1) is 113. The fourth-order valence-corrected chi connectivity index (χ4v) is 0. The maximum absolute atomic E-state index is 8.46. The minimum Gasteiger partial charge on any atom is -0.153 e. The molecule has 0 aliphatic carbocycles. The van der Waals surface area contributed by atoms with E-state index in [1.165, 1.54) is 0 Å². The first-order chi connectivity index (χ1) is 11.1. The molecule has 3 unspecified atom stereocenters. The quantitative estimate of drug-likeness (QED) is 0.269. The molecule has 0 fully saturated rings. The summed E-state index contributed by atoms with van der Waals surface area (Å²) in [6, 6.07) is 0. The summed E-state index contributed by atoms with van der Waals surface area (Å²) in [5.41, 5.74) is 0. The Hall–Kier alpha value is 0.720. The molecule has 0 saturated heterocycles. The van der Waals surface area contributed by atoms with Crippen LogP contribution in [0.4, 0.5) is 0 Å². The van der Waals surface area contributed by atoms with Gasteiger partial charge in [-0.2, -0.15) is 9.90 Å². The van der Waals surface area contributed by atoms with E-state index in [1.807, 2.05) is 13.8 Å². The summed E-state index contributed by atoms with van der Waals surface area (Å²) in [6.07, 6.45) is 0. The van der Waals surface area contributed by atoms with Crippen LogP contribution in [0.25, 0.3) is 0 Å². The third-order valence-electron chi connectivity index (χ3n) is 0. The molecule has 6 N–H and O–H groups in total. The van der Waals surface area contributed by atoms with Crippen molar-refractivity contribution < 1.29 is 52.4 Å². The fourth-order valence-electron chi connectivity index (χ4n) is 0. The van der Waals surface area contributed by atoms with E-state index in [9.17, 15) is 0 Å². The van der Waals surface area contributed by atoms with Gasteiger partial charge in [-0.05, 0) is 0 Å². The van der Waals surface area contributed by atoms with Gasteiger partial charge in [-0.25, -0.2) is 18.3 Å². The van der Waals surface area contributed by atoms with E-state index in [0.717, 1.165) is 0 Å². The second-order valence-electron chi connectivity index (χ2n) is 0.401. The van der Waals surface area contributed by atoms with Crippen LogP contribution in [-0.4, -0.2) is 25.0 Å². The van der Waals surface area contributed by atoms with Crippen molar-refractivity contribution in [3.05, 3.63) is 19.9 Å². The summed E-state index contributed by atoms with van der Waals surface area (Å²) in [5, 5.41) is 0. The summed E-state index contributed by atoms with van der Waals surface area (Å²) < 4.78 is 50.5. The molecule has 0 bridgehead atoms. The number of hydrogen-bond acceptors (Lipinski definition) is 10. The third-order valence-corrected chi connectivity index (χ3v) is 0. The van der Waals surface area contributed by atoms with Gasteiger partial charge in [0, 0.05) is 19.9 Å². The second-order valence-corrected chi connectivity index (χ2v) is 1.20. The third kappa shape index (κ3) is 39600. The predicted molar refractivity (Wildman–Crippen MR) is 133 cm³/mol. The smallest absolute Gasteiger partial charge is 0.118 e. The van der Waals surface area contributed by atoms with Crippen LogP contribution >= 0.6 is 70.8 Å². The minimum absolute atomic E-state index is 0. The van der Waals surface area contributed by atoms with E-state index in [4.69, 9.17) is 66.8 Å². The van der Waals surface area contributed by atoms with Gasteiger partial charge in [0.25, 0.3) is 0 Å². The van der Waals surface area contributed by atoms with E-state index in [1.54, 1.807) is 0 Å². The van der Waals surface area contributed by atoms with Gasteiger partial charge in [-0.1, -0.05) is 43.6 Å². The van der Waals surface area contributed by atoms with Crippen LogP contribution in [-0.2, 0) is 27.4 Å². The molecule has 0 aromatic rings. The first-order valence-corrected chi connectivity index (χ1v) is 10.0.